The molecule has 4 aliphatic heterocycles. The Morgan fingerprint density at radius 2 is 1.44 bits per heavy atom. The smallest absolute Gasteiger partial charge is 0.421 e. The van der Waals surface area contributed by atoms with Crippen molar-refractivity contribution in [1.82, 2.24) is 19.8 Å². The van der Waals surface area contributed by atoms with E-state index in [9.17, 15) is 15.2 Å². The Hall–Kier alpha value is -9.44. The van der Waals surface area contributed by atoms with Gasteiger partial charge in [0.25, 0.3) is 5.69 Å². The number of esters is 1. The van der Waals surface area contributed by atoms with E-state index in [1.54, 1.807) is 97.2 Å². The summed E-state index contributed by atoms with van der Waals surface area (Å²) in [6.07, 6.45) is 1.18. The number of imide groups is 1. The zero-order valence-corrected chi connectivity index (χ0v) is 42.2. The zero-order chi connectivity index (χ0) is 53.9. The third kappa shape index (κ3) is 9.18. The number of anilines is 2. The second kappa shape index (κ2) is 21.7. The van der Waals surface area contributed by atoms with Crippen molar-refractivity contribution >= 4 is 41.2 Å². The molecule has 0 saturated carbocycles. The number of carbonyl (C=O) groups excluding carboxylic acids is 4. The lowest BCUT2D eigenvalue weighted by Gasteiger charge is -2.46. The molecule has 3 saturated heterocycles. The number of hydrogen-bond acceptors (Lipinski definition) is 15. The number of nitrogens with zero attached hydrogens (tertiary/aromatic N) is 7. The molecule has 1 N–H and O–H groups in total. The molecule has 0 unspecified atom stereocenters. The predicted octanol–water partition coefficient (Wildman–Crippen LogP) is 7.52. The van der Waals surface area contributed by atoms with Crippen LogP contribution in [0.4, 0.5) is 22.1 Å². The Labute approximate surface area is 448 Å². The number of piperazine rings is 1. The first-order chi connectivity index (χ1) is 38.1. The summed E-state index contributed by atoms with van der Waals surface area (Å²) in [7, 11) is 1.57. The van der Waals surface area contributed by atoms with Crippen LogP contribution >= 0.6 is 0 Å². The number of benzene rings is 6. The summed E-state index contributed by atoms with van der Waals surface area (Å²) in [5.41, 5.74) is 1.14. The molecule has 5 heterocycles. The number of aliphatic hydroxyl groups excluding tert-OH is 1. The molecule has 1 spiro atoms. The lowest BCUT2D eigenvalue weighted by Crippen LogP contribution is -2.59. The average molecular weight is 1050 g/mol. The number of para-hydroxylation sites is 1. The SMILES string of the molecule is COc1ccc(C#Cc2ccc3c(c2)[C@]2(C(=O)N3C(=O)OCc3ccc([N+](=O)[O-])cc3)[C@H](c3ccccc3OCCO)N3[C@H](c4ccccc4)[C@H](c4ccccc4)OC(=O)[C@H]3[C@@H]2C(=O)N2CCN(c3ncccn3)CC2)cc1. The van der Waals surface area contributed by atoms with Gasteiger partial charge in [-0.2, -0.15) is 0 Å². The van der Waals surface area contributed by atoms with Crippen molar-refractivity contribution in [2.45, 2.75) is 36.3 Å². The molecule has 18 nitrogen and oxygen atoms in total. The molecule has 392 valence electrons. The van der Waals surface area contributed by atoms with Crippen LogP contribution in [-0.4, -0.2) is 106 Å². The first kappa shape index (κ1) is 50.7. The minimum atomic E-state index is -2.18. The van der Waals surface area contributed by atoms with E-state index in [1.807, 2.05) is 70.5 Å². The van der Waals surface area contributed by atoms with Gasteiger partial charge in [0.05, 0.1) is 42.3 Å². The standard InChI is InChI=1S/C60H51N7O11/c1-75-45-26-21-39(22-27-45)17-18-40-23-28-48-47(37-40)60(57(71)65(48)59(72)77-38-41-19-24-44(25-20-41)67(73)74)50(55(69)63-31-33-64(34-32-63)58-61-29-10-30-62-58)52-56(70)78-53(43-13-6-3-7-14-43)51(42-11-4-2-5-12-42)66(52)54(60)46-15-8-9-16-49(46)76-36-35-68/h2-16,19-30,37,50-54,68H,31-36,38H2,1H3/t50-,51-,52-,53+,54+,60-/m1/s1. The molecule has 6 aromatic carbocycles. The van der Waals surface area contributed by atoms with Gasteiger partial charge in [0.1, 0.15) is 42.3 Å². The Bertz CT molecular complexity index is 3440. The number of fused-ring (bicyclic) bond motifs is 3. The van der Waals surface area contributed by atoms with E-state index in [0.717, 1.165) is 4.90 Å². The molecule has 11 rings (SSSR count). The molecule has 4 aliphatic rings. The molecular formula is C60H51N7O11. The molecule has 18 heteroatoms. The predicted molar refractivity (Wildman–Crippen MR) is 284 cm³/mol. The van der Waals surface area contributed by atoms with Crippen LogP contribution in [0.5, 0.6) is 11.5 Å². The van der Waals surface area contributed by atoms with Crippen molar-refractivity contribution in [3.63, 3.8) is 0 Å². The molecule has 7 aromatic rings. The maximum Gasteiger partial charge on any atom is 0.421 e. The Kier molecular flexibility index (Phi) is 14.1. The zero-order valence-electron chi connectivity index (χ0n) is 42.2. The number of ether oxygens (including phenoxy) is 4. The summed E-state index contributed by atoms with van der Waals surface area (Å²) in [5, 5.41) is 21.7. The number of nitro benzene ring substituents is 1. The van der Waals surface area contributed by atoms with Gasteiger partial charge in [-0.1, -0.05) is 90.7 Å². The van der Waals surface area contributed by atoms with E-state index in [-0.39, 0.29) is 55.6 Å². The normalized spacial score (nSPS) is 21.5. The summed E-state index contributed by atoms with van der Waals surface area (Å²) in [5.74, 6) is 4.04. The topological polar surface area (TPSA) is 207 Å². The van der Waals surface area contributed by atoms with E-state index in [4.69, 9.17) is 18.9 Å². The van der Waals surface area contributed by atoms with Crippen molar-refractivity contribution in [1.29, 1.82) is 0 Å². The molecule has 3 amide bonds. The summed E-state index contributed by atoms with van der Waals surface area (Å²) in [6, 6.07) is 41.3. The van der Waals surface area contributed by atoms with Gasteiger partial charge in [0.2, 0.25) is 17.8 Å². The van der Waals surface area contributed by atoms with Gasteiger partial charge in [-0.3, -0.25) is 29.4 Å². The van der Waals surface area contributed by atoms with Gasteiger partial charge in [-0.15, -0.1) is 0 Å². The Morgan fingerprint density at radius 3 is 2.12 bits per heavy atom. The van der Waals surface area contributed by atoms with Crippen LogP contribution < -0.4 is 19.3 Å². The highest BCUT2D eigenvalue weighted by molar-refractivity contribution is 6.23. The number of amides is 3. The Morgan fingerprint density at radius 1 is 0.782 bits per heavy atom. The number of carbonyl (C=O) groups is 4. The van der Waals surface area contributed by atoms with Crippen LogP contribution in [0.2, 0.25) is 0 Å². The van der Waals surface area contributed by atoms with Crippen molar-refractivity contribution in [3.8, 4) is 23.3 Å². The number of methoxy groups -OCH3 is 1. The van der Waals surface area contributed by atoms with Gasteiger partial charge in [0, 0.05) is 67.4 Å². The molecule has 3 fully saturated rings. The maximum atomic E-state index is 16.9. The fourth-order valence-corrected chi connectivity index (χ4v) is 11.4. The molecule has 1 aromatic heterocycles. The number of nitro groups is 1. The fraction of sp³-hybridized carbons (Fsp3) is 0.233. The number of hydrogen-bond donors (Lipinski definition) is 1. The van der Waals surface area contributed by atoms with Gasteiger partial charge < -0.3 is 33.9 Å². The van der Waals surface area contributed by atoms with E-state index < -0.39 is 64.4 Å². The van der Waals surface area contributed by atoms with Crippen LogP contribution in [-0.2, 0) is 35.9 Å². The first-order valence-corrected chi connectivity index (χ1v) is 25.4. The van der Waals surface area contributed by atoms with Crippen LogP contribution in [0.15, 0.2) is 170 Å². The molecule has 6 atom stereocenters. The molecular weight excluding hydrogens is 995 g/mol. The quantitative estimate of drug-likeness (QED) is 0.0544. The molecule has 78 heavy (non-hydrogen) atoms. The van der Waals surface area contributed by atoms with E-state index >= 15 is 19.2 Å². The molecule has 0 radical (unpaired) electrons. The summed E-state index contributed by atoms with van der Waals surface area (Å²) in [4.78, 5) is 90.6. The van der Waals surface area contributed by atoms with E-state index in [1.165, 1.54) is 24.3 Å². The van der Waals surface area contributed by atoms with Crippen molar-refractivity contribution in [2.75, 3.05) is 56.3 Å². The monoisotopic (exact) mass is 1050 g/mol. The number of rotatable bonds is 12. The van der Waals surface area contributed by atoms with Gasteiger partial charge >= 0.3 is 12.1 Å². The fourth-order valence-electron chi connectivity index (χ4n) is 11.4. The largest absolute Gasteiger partial charge is 0.497 e. The van der Waals surface area contributed by atoms with Gasteiger partial charge in [-0.05, 0) is 89.0 Å². The lowest BCUT2D eigenvalue weighted by molar-refractivity contribution is -0.384. The maximum absolute atomic E-state index is 16.9. The second-order valence-corrected chi connectivity index (χ2v) is 19.1. The first-order valence-electron chi connectivity index (χ1n) is 25.4. The lowest BCUT2D eigenvalue weighted by atomic mass is 9.64. The van der Waals surface area contributed by atoms with Crippen LogP contribution in [0.3, 0.4) is 0 Å². The van der Waals surface area contributed by atoms with Gasteiger partial charge in [-0.25, -0.2) is 19.7 Å². The highest BCUT2D eigenvalue weighted by Gasteiger charge is 2.76. The minimum Gasteiger partial charge on any atom is -0.497 e. The van der Waals surface area contributed by atoms with Gasteiger partial charge in [0.15, 0.2) is 0 Å². The number of cyclic esters (lactones) is 1. The molecule has 0 aliphatic carbocycles. The molecule has 0 bridgehead atoms. The van der Waals surface area contributed by atoms with E-state index in [2.05, 4.69) is 21.8 Å². The summed E-state index contributed by atoms with van der Waals surface area (Å²) < 4.78 is 24.4. The van der Waals surface area contributed by atoms with Crippen molar-refractivity contribution in [2.24, 2.45) is 5.92 Å². The number of morpholine rings is 1. The third-order valence-electron chi connectivity index (χ3n) is 14.8. The van der Waals surface area contributed by atoms with Crippen LogP contribution in [0.25, 0.3) is 0 Å². The number of aromatic nitrogens is 2. The van der Waals surface area contributed by atoms with Crippen molar-refractivity contribution in [3.05, 3.63) is 219 Å². The van der Waals surface area contributed by atoms with Crippen LogP contribution in [0, 0.1) is 27.9 Å². The summed E-state index contributed by atoms with van der Waals surface area (Å²) in [6.45, 7) is 0.0325. The minimum absolute atomic E-state index is 0.0791. The second-order valence-electron chi connectivity index (χ2n) is 19.1. The highest BCUT2D eigenvalue weighted by Crippen LogP contribution is 2.67. The van der Waals surface area contributed by atoms with Crippen LogP contribution in [0.1, 0.15) is 57.1 Å². The Balaban J connectivity index is 1.16. The summed E-state index contributed by atoms with van der Waals surface area (Å²) >= 11 is 0. The third-order valence-corrected chi connectivity index (χ3v) is 14.8. The van der Waals surface area contributed by atoms with Crippen molar-refractivity contribution < 1.29 is 48.2 Å². The average Bonchev–Trinajstić information content (AvgIpc) is 3.16. The highest BCUT2D eigenvalue weighted by atomic mass is 16.6. The number of aliphatic hydroxyl groups is 1. The number of non-ortho nitro benzene ring substituents is 1. The van der Waals surface area contributed by atoms with E-state index in [0.29, 0.717) is 58.2 Å².